The standard InChI is InChI=1S/C28H34O7/c1-15-25(18-7-8-22(30)26(3,4)20(18)12-24(31)32-6)21(34-16(2)29)13-27(5)19(17-9-10-33-14-17)11-23-28(15,27)35-23/h7-10,14,18-21,23,25H,1,11-13H2,2-6H3. The molecule has 1 aliphatic heterocycles. The molecule has 2 heterocycles. The number of carbonyl (C=O) groups excluding carboxylic acids is 3. The van der Waals surface area contributed by atoms with Crippen molar-refractivity contribution in [1.29, 1.82) is 0 Å². The predicted octanol–water partition coefficient (Wildman–Crippen LogP) is 4.38. The number of carbonyl (C=O) groups is 3. The molecule has 0 bridgehead atoms. The van der Waals surface area contributed by atoms with Crippen LogP contribution in [0.25, 0.3) is 0 Å². The first kappa shape index (κ1) is 24.0. The van der Waals surface area contributed by atoms with Gasteiger partial charge >= 0.3 is 11.9 Å². The lowest BCUT2D eigenvalue weighted by atomic mass is 9.52. The van der Waals surface area contributed by atoms with Gasteiger partial charge in [0.05, 0.1) is 25.7 Å². The van der Waals surface area contributed by atoms with E-state index in [4.69, 9.17) is 18.6 Å². The van der Waals surface area contributed by atoms with Crippen molar-refractivity contribution in [2.45, 2.75) is 70.7 Å². The minimum absolute atomic E-state index is 0.0296. The van der Waals surface area contributed by atoms with Crippen LogP contribution < -0.4 is 0 Å². The highest BCUT2D eigenvalue weighted by Gasteiger charge is 2.79. The summed E-state index contributed by atoms with van der Waals surface area (Å²) in [7, 11) is 1.35. The van der Waals surface area contributed by atoms with Gasteiger partial charge in [0.1, 0.15) is 11.7 Å². The number of rotatable bonds is 5. The molecule has 0 radical (unpaired) electrons. The van der Waals surface area contributed by atoms with Crippen LogP contribution in [0.3, 0.4) is 0 Å². The van der Waals surface area contributed by atoms with Gasteiger partial charge in [-0.2, -0.15) is 0 Å². The molecule has 1 aromatic heterocycles. The Bertz CT molecular complexity index is 1100. The summed E-state index contributed by atoms with van der Waals surface area (Å²) in [6, 6.07) is 1.99. The largest absolute Gasteiger partial charge is 0.472 e. The summed E-state index contributed by atoms with van der Waals surface area (Å²) in [4.78, 5) is 37.6. The van der Waals surface area contributed by atoms with Gasteiger partial charge in [-0.15, -0.1) is 0 Å². The van der Waals surface area contributed by atoms with Gasteiger partial charge < -0.3 is 18.6 Å². The van der Waals surface area contributed by atoms with E-state index in [1.54, 1.807) is 18.6 Å². The summed E-state index contributed by atoms with van der Waals surface area (Å²) in [5.41, 5.74) is 0.348. The van der Waals surface area contributed by atoms with Gasteiger partial charge in [0, 0.05) is 30.1 Å². The Morgan fingerprint density at radius 1 is 1.26 bits per heavy atom. The molecule has 1 saturated heterocycles. The summed E-state index contributed by atoms with van der Waals surface area (Å²) in [5, 5.41) is 0. The molecule has 8 unspecified atom stereocenters. The molecule has 8 atom stereocenters. The zero-order valence-electron chi connectivity index (χ0n) is 21.0. The summed E-state index contributed by atoms with van der Waals surface area (Å²) < 4.78 is 22.8. The molecule has 3 fully saturated rings. The SMILES string of the molecule is C=C1C(C2C=CC(=O)C(C)(C)C2CC(=O)OC)C(OC(C)=O)CC2(C)C(c3ccoc3)CC3OC132. The molecule has 4 aliphatic rings. The second-order valence-electron chi connectivity index (χ2n) is 11.4. The van der Waals surface area contributed by atoms with Crippen LogP contribution in [0, 0.1) is 28.6 Å². The fourth-order valence-electron chi connectivity index (χ4n) is 7.62. The van der Waals surface area contributed by atoms with Crippen molar-refractivity contribution < 1.29 is 33.0 Å². The van der Waals surface area contributed by atoms with E-state index >= 15 is 0 Å². The molecule has 1 aromatic rings. The van der Waals surface area contributed by atoms with Crippen molar-refractivity contribution in [3.05, 3.63) is 48.5 Å². The molecule has 0 aromatic carbocycles. The lowest BCUT2D eigenvalue weighted by molar-refractivity contribution is -0.159. The number of allylic oxidation sites excluding steroid dienone is 2. The zero-order valence-corrected chi connectivity index (χ0v) is 21.0. The number of hydrogen-bond donors (Lipinski definition) is 0. The van der Waals surface area contributed by atoms with Gasteiger partial charge in [-0.1, -0.05) is 33.4 Å². The third-order valence-corrected chi connectivity index (χ3v) is 9.49. The molecule has 1 spiro atoms. The third-order valence-electron chi connectivity index (χ3n) is 9.49. The predicted molar refractivity (Wildman–Crippen MR) is 126 cm³/mol. The minimum atomic E-state index is -0.786. The molecule has 0 amide bonds. The van der Waals surface area contributed by atoms with Crippen molar-refractivity contribution >= 4 is 17.7 Å². The smallest absolute Gasteiger partial charge is 0.305 e. The maximum atomic E-state index is 12.9. The van der Waals surface area contributed by atoms with Crippen LogP contribution in [0.15, 0.2) is 47.3 Å². The van der Waals surface area contributed by atoms with Gasteiger partial charge in [-0.3, -0.25) is 14.4 Å². The van der Waals surface area contributed by atoms with E-state index in [-0.39, 0.29) is 59.3 Å². The van der Waals surface area contributed by atoms with Gasteiger partial charge in [-0.05, 0) is 53.9 Å². The Morgan fingerprint density at radius 3 is 2.63 bits per heavy atom. The van der Waals surface area contributed by atoms with E-state index in [1.165, 1.54) is 14.0 Å². The van der Waals surface area contributed by atoms with E-state index in [0.29, 0.717) is 6.42 Å². The molecular weight excluding hydrogens is 448 g/mol. The summed E-state index contributed by atoms with van der Waals surface area (Å²) >= 11 is 0. The van der Waals surface area contributed by atoms with Gasteiger partial charge in [0.15, 0.2) is 5.78 Å². The van der Waals surface area contributed by atoms with E-state index in [0.717, 1.165) is 17.6 Å². The van der Waals surface area contributed by atoms with E-state index < -0.39 is 17.1 Å². The molecule has 188 valence electrons. The van der Waals surface area contributed by atoms with Gasteiger partial charge in [0.2, 0.25) is 0 Å². The highest BCUT2D eigenvalue weighted by atomic mass is 16.6. The second kappa shape index (κ2) is 7.92. The third kappa shape index (κ3) is 3.30. The van der Waals surface area contributed by atoms with Crippen LogP contribution in [-0.4, -0.2) is 42.6 Å². The minimum Gasteiger partial charge on any atom is -0.472 e. The highest BCUT2D eigenvalue weighted by Crippen LogP contribution is 2.75. The first-order chi connectivity index (χ1) is 16.5. The van der Waals surface area contributed by atoms with Crippen molar-refractivity contribution in [2.75, 3.05) is 7.11 Å². The topological polar surface area (TPSA) is 95.3 Å². The monoisotopic (exact) mass is 482 g/mol. The lowest BCUT2D eigenvalue weighted by Crippen LogP contribution is -2.55. The second-order valence-corrected chi connectivity index (χ2v) is 11.4. The quantitative estimate of drug-likeness (QED) is 0.349. The maximum Gasteiger partial charge on any atom is 0.305 e. The fraction of sp³-hybridized carbons (Fsp3) is 0.607. The molecule has 5 rings (SSSR count). The average Bonchev–Trinajstić information content (AvgIpc) is 3.14. The Morgan fingerprint density at radius 2 is 2.00 bits per heavy atom. The normalized spacial score (nSPS) is 41.2. The number of hydrogen-bond acceptors (Lipinski definition) is 7. The Hall–Kier alpha value is -2.67. The van der Waals surface area contributed by atoms with Gasteiger partial charge in [0.25, 0.3) is 0 Å². The maximum absolute atomic E-state index is 12.9. The average molecular weight is 483 g/mol. The van der Waals surface area contributed by atoms with Gasteiger partial charge in [-0.25, -0.2) is 0 Å². The zero-order chi connectivity index (χ0) is 25.3. The van der Waals surface area contributed by atoms with Crippen molar-refractivity contribution in [3.8, 4) is 0 Å². The molecule has 0 N–H and O–H groups in total. The van der Waals surface area contributed by atoms with E-state index in [9.17, 15) is 14.4 Å². The molecule has 2 saturated carbocycles. The first-order valence-corrected chi connectivity index (χ1v) is 12.3. The number of ketones is 1. The summed E-state index contributed by atoms with van der Waals surface area (Å²) in [6.45, 7) is 11.9. The highest BCUT2D eigenvalue weighted by molar-refractivity contribution is 5.96. The first-order valence-electron chi connectivity index (χ1n) is 12.3. The van der Waals surface area contributed by atoms with Crippen LogP contribution >= 0.6 is 0 Å². The van der Waals surface area contributed by atoms with Crippen molar-refractivity contribution in [2.24, 2.45) is 28.6 Å². The molecule has 7 nitrogen and oxygen atoms in total. The van der Waals surface area contributed by atoms with Crippen molar-refractivity contribution in [3.63, 3.8) is 0 Å². The van der Waals surface area contributed by atoms with Crippen molar-refractivity contribution in [1.82, 2.24) is 0 Å². The number of ether oxygens (including phenoxy) is 3. The van der Waals surface area contributed by atoms with E-state index in [1.807, 2.05) is 26.0 Å². The molecular formula is C28H34O7. The fourth-order valence-corrected chi connectivity index (χ4v) is 7.62. The molecule has 35 heavy (non-hydrogen) atoms. The summed E-state index contributed by atoms with van der Waals surface area (Å²) in [6.07, 6.45) is 8.04. The van der Waals surface area contributed by atoms with Crippen LogP contribution in [0.2, 0.25) is 0 Å². The summed E-state index contributed by atoms with van der Waals surface area (Å²) in [5.74, 6) is -1.45. The number of epoxide rings is 1. The molecule has 3 aliphatic carbocycles. The van der Waals surface area contributed by atoms with Crippen LogP contribution in [0.5, 0.6) is 0 Å². The van der Waals surface area contributed by atoms with Crippen LogP contribution in [0.4, 0.5) is 0 Å². The number of methoxy groups -OCH3 is 1. The van der Waals surface area contributed by atoms with E-state index in [2.05, 4.69) is 13.5 Å². The lowest BCUT2D eigenvalue weighted by Gasteiger charge is -2.53. The van der Waals surface area contributed by atoms with Crippen LogP contribution in [-0.2, 0) is 28.6 Å². The molecule has 7 heteroatoms. The Labute approximate surface area is 205 Å². The Balaban J connectivity index is 1.58. The van der Waals surface area contributed by atoms with Crippen LogP contribution in [0.1, 0.15) is 58.4 Å². The Kier molecular flexibility index (Phi) is 5.44. The number of furan rings is 1. The number of esters is 2.